The Morgan fingerprint density at radius 2 is 1.56 bits per heavy atom. The van der Waals surface area contributed by atoms with E-state index in [0.717, 1.165) is 17.7 Å². The Hall–Kier alpha value is -2.96. The van der Waals surface area contributed by atoms with Gasteiger partial charge in [0, 0.05) is 11.8 Å². The number of nitrogens with zero attached hydrogens (tertiary/aromatic N) is 2. The van der Waals surface area contributed by atoms with Crippen molar-refractivity contribution >= 4 is 0 Å². The fraction of sp³-hybridized carbons (Fsp3) is 0.167. The summed E-state index contributed by atoms with van der Waals surface area (Å²) in [7, 11) is 3.10. The summed E-state index contributed by atoms with van der Waals surface area (Å²) < 4.78 is 49.9. The van der Waals surface area contributed by atoms with Crippen molar-refractivity contribution in [3.8, 4) is 28.4 Å². The highest BCUT2D eigenvalue weighted by atomic mass is 19.4. The molecule has 0 atom stereocenters. The quantitative estimate of drug-likeness (QED) is 0.693. The lowest BCUT2D eigenvalue weighted by atomic mass is 10.1. The predicted octanol–water partition coefficient (Wildman–Crippen LogP) is 4.58. The molecule has 0 aliphatic rings. The van der Waals surface area contributed by atoms with Crippen molar-refractivity contribution in [1.29, 1.82) is 0 Å². The molecule has 4 nitrogen and oxygen atoms in total. The van der Waals surface area contributed by atoms with Crippen LogP contribution in [-0.4, -0.2) is 24.0 Å². The Balaban J connectivity index is 1.90. The highest BCUT2D eigenvalue weighted by molar-refractivity contribution is 5.64. The number of hydrogen-bond acceptors (Lipinski definition) is 3. The Morgan fingerprint density at radius 3 is 2.16 bits per heavy atom. The summed E-state index contributed by atoms with van der Waals surface area (Å²) in [5, 5.41) is 4.41. The zero-order chi connectivity index (χ0) is 18.0. The third-order valence-corrected chi connectivity index (χ3v) is 3.73. The highest BCUT2D eigenvalue weighted by Gasteiger charge is 2.30. The monoisotopic (exact) mass is 348 g/mol. The normalized spacial score (nSPS) is 11.4. The summed E-state index contributed by atoms with van der Waals surface area (Å²) in [6.07, 6.45) is -2.66. The minimum atomic E-state index is -4.35. The molecular weight excluding hydrogens is 333 g/mol. The van der Waals surface area contributed by atoms with Gasteiger partial charge >= 0.3 is 6.18 Å². The molecule has 0 N–H and O–H groups in total. The van der Waals surface area contributed by atoms with Crippen LogP contribution in [0.1, 0.15) is 5.56 Å². The lowest BCUT2D eigenvalue weighted by Crippen LogP contribution is -2.05. The molecule has 7 heteroatoms. The molecule has 25 heavy (non-hydrogen) atoms. The Kier molecular flexibility index (Phi) is 4.39. The van der Waals surface area contributed by atoms with Crippen LogP contribution in [0.15, 0.2) is 54.7 Å². The van der Waals surface area contributed by atoms with E-state index >= 15 is 0 Å². The molecule has 0 saturated carbocycles. The lowest BCUT2D eigenvalue weighted by Gasteiger charge is -2.09. The van der Waals surface area contributed by atoms with Gasteiger partial charge in [-0.1, -0.05) is 0 Å². The topological polar surface area (TPSA) is 36.3 Å². The number of halogens is 3. The summed E-state index contributed by atoms with van der Waals surface area (Å²) in [6, 6.07) is 12.0. The zero-order valence-corrected chi connectivity index (χ0v) is 13.5. The van der Waals surface area contributed by atoms with Gasteiger partial charge in [-0.3, -0.25) is 0 Å². The average Bonchev–Trinajstić information content (AvgIpc) is 3.10. The number of ether oxygens (including phenoxy) is 2. The van der Waals surface area contributed by atoms with Crippen LogP contribution in [0, 0.1) is 0 Å². The molecule has 0 fully saturated rings. The fourth-order valence-corrected chi connectivity index (χ4v) is 2.42. The molecule has 0 bridgehead atoms. The standard InChI is InChI=1S/C18H15F3N2O2/c1-24-16-8-3-12(11-17(16)25-2)15-9-10-23(22-15)14-6-4-13(5-7-14)18(19,20)21/h3-11H,1-2H3. The van der Waals surface area contributed by atoms with E-state index in [9.17, 15) is 13.2 Å². The predicted molar refractivity (Wildman–Crippen MR) is 87.1 cm³/mol. The fourth-order valence-electron chi connectivity index (χ4n) is 2.42. The largest absolute Gasteiger partial charge is 0.493 e. The van der Waals surface area contributed by atoms with Gasteiger partial charge in [0.15, 0.2) is 11.5 Å². The summed E-state index contributed by atoms with van der Waals surface area (Å²) in [4.78, 5) is 0. The van der Waals surface area contributed by atoms with Crippen LogP contribution in [0.5, 0.6) is 11.5 Å². The maximum atomic E-state index is 12.6. The second-order valence-electron chi connectivity index (χ2n) is 5.26. The van der Waals surface area contributed by atoms with Crippen molar-refractivity contribution in [2.24, 2.45) is 0 Å². The van der Waals surface area contributed by atoms with Crippen molar-refractivity contribution < 1.29 is 22.6 Å². The molecule has 1 aromatic heterocycles. The number of hydrogen-bond donors (Lipinski definition) is 0. The first-order chi connectivity index (χ1) is 11.9. The van der Waals surface area contributed by atoms with E-state index in [-0.39, 0.29) is 0 Å². The Labute approximate surface area is 142 Å². The number of rotatable bonds is 4. The van der Waals surface area contributed by atoms with E-state index in [0.29, 0.717) is 22.9 Å². The molecular formula is C18H15F3N2O2. The molecule has 130 valence electrons. The summed E-state index contributed by atoms with van der Waals surface area (Å²) in [5.41, 5.74) is 1.33. The molecule has 0 unspecified atom stereocenters. The van der Waals surface area contributed by atoms with Gasteiger partial charge in [-0.05, 0) is 48.5 Å². The first-order valence-electron chi connectivity index (χ1n) is 7.38. The van der Waals surface area contributed by atoms with E-state index < -0.39 is 11.7 Å². The summed E-state index contributed by atoms with van der Waals surface area (Å²) in [5.74, 6) is 1.18. The van der Waals surface area contributed by atoms with Gasteiger partial charge in [-0.15, -0.1) is 0 Å². The molecule has 1 heterocycles. The molecule has 0 spiro atoms. The third-order valence-electron chi connectivity index (χ3n) is 3.73. The van der Waals surface area contributed by atoms with E-state index in [1.165, 1.54) is 16.8 Å². The highest BCUT2D eigenvalue weighted by Crippen LogP contribution is 2.32. The van der Waals surface area contributed by atoms with Crippen LogP contribution in [0.25, 0.3) is 16.9 Å². The number of alkyl halides is 3. The molecule has 3 aromatic rings. The van der Waals surface area contributed by atoms with Gasteiger partial charge in [-0.25, -0.2) is 4.68 Å². The van der Waals surface area contributed by atoms with Crippen molar-refractivity contribution in [2.45, 2.75) is 6.18 Å². The molecule has 0 saturated heterocycles. The van der Waals surface area contributed by atoms with Crippen molar-refractivity contribution in [3.05, 3.63) is 60.3 Å². The number of aromatic nitrogens is 2. The first kappa shape index (κ1) is 16.9. The van der Waals surface area contributed by atoms with Gasteiger partial charge in [0.2, 0.25) is 0 Å². The van der Waals surface area contributed by atoms with E-state index in [4.69, 9.17) is 9.47 Å². The van der Waals surface area contributed by atoms with Crippen LogP contribution in [0.2, 0.25) is 0 Å². The van der Waals surface area contributed by atoms with Gasteiger partial charge < -0.3 is 9.47 Å². The number of benzene rings is 2. The Morgan fingerprint density at radius 1 is 0.880 bits per heavy atom. The van der Waals surface area contributed by atoms with Crippen molar-refractivity contribution in [3.63, 3.8) is 0 Å². The second kappa shape index (κ2) is 6.51. The van der Waals surface area contributed by atoms with Crippen molar-refractivity contribution in [1.82, 2.24) is 9.78 Å². The summed E-state index contributed by atoms with van der Waals surface area (Å²) in [6.45, 7) is 0. The minimum Gasteiger partial charge on any atom is -0.493 e. The van der Waals surface area contributed by atoms with E-state index in [1.807, 2.05) is 6.07 Å². The van der Waals surface area contributed by atoms with E-state index in [1.54, 1.807) is 38.6 Å². The van der Waals surface area contributed by atoms with Crippen LogP contribution in [0.4, 0.5) is 13.2 Å². The number of methoxy groups -OCH3 is 2. The first-order valence-corrected chi connectivity index (χ1v) is 7.38. The van der Waals surface area contributed by atoms with Crippen LogP contribution >= 0.6 is 0 Å². The van der Waals surface area contributed by atoms with Gasteiger partial charge in [-0.2, -0.15) is 18.3 Å². The van der Waals surface area contributed by atoms with E-state index in [2.05, 4.69) is 5.10 Å². The maximum absolute atomic E-state index is 12.6. The third kappa shape index (κ3) is 3.45. The lowest BCUT2D eigenvalue weighted by molar-refractivity contribution is -0.137. The second-order valence-corrected chi connectivity index (χ2v) is 5.26. The molecule has 0 aliphatic carbocycles. The zero-order valence-electron chi connectivity index (χ0n) is 13.5. The maximum Gasteiger partial charge on any atom is 0.416 e. The Bertz CT molecular complexity index is 871. The van der Waals surface area contributed by atoms with Crippen LogP contribution in [0.3, 0.4) is 0 Å². The van der Waals surface area contributed by atoms with Crippen LogP contribution < -0.4 is 9.47 Å². The van der Waals surface area contributed by atoms with Gasteiger partial charge in [0.25, 0.3) is 0 Å². The van der Waals surface area contributed by atoms with Gasteiger partial charge in [0.05, 0.1) is 31.2 Å². The molecule has 3 rings (SSSR count). The minimum absolute atomic E-state index is 0.541. The SMILES string of the molecule is COc1ccc(-c2ccn(-c3ccc(C(F)(F)F)cc3)n2)cc1OC. The smallest absolute Gasteiger partial charge is 0.416 e. The summed E-state index contributed by atoms with van der Waals surface area (Å²) >= 11 is 0. The van der Waals surface area contributed by atoms with Crippen LogP contribution in [-0.2, 0) is 6.18 Å². The molecule has 0 amide bonds. The molecule has 0 aliphatic heterocycles. The van der Waals surface area contributed by atoms with Gasteiger partial charge in [0.1, 0.15) is 0 Å². The average molecular weight is 348 g/mol. The molecule has 2 aromatic carbocycles. The van der Waals surface area contributed by atoms with Crippen molar-refractivity contribution in [2.75, 3.05) is 14.2 Å². The molecule has 0 radical (unpaired) electrons.